The average Bonchev–Trinajstić information content (AvgIpc) is 2.64. The Hall–Kier alpha value is -0.650. The van der Waals surface area contributed by atoms with Gasteiger partial charge < -0.3 is 19.3 Å². The maximum absolute atomic E-state index is 10.8. The fourth-order valence-corrected chi connectivity index (χ4v) is 2.86. The number of carbonyl (C=O) groups is 1. The van der Waals surface area contributed by atoms with Crippen molar-refractivity contribution in [3.05, 3.63) is 0 Å². The first-order chi connectivity index (χ1) is 12.6. The van der Waals surface area contributed by atoms with E-state index in [9.17, 15) is 4.79 Å². The van der Waals surface area contributed by atoms with Gasteiger partial charge in [0.15, 0.2) is 0 Å². The van der Waals surface area contributed by atoms with Gasteiger partial charge in [-0.05, 0) is 24.7 Å². The zero-order valence-corrected chi connectivity index (χ0v) is 17.5. The minimum absolute atomic E-state index is 0.308. The van der Waals surface area contributed by atoms with Gasteiger partial charge >= 0.3 is 5.97 Å². The van der Waals surface area contributed by atoms with E-state index in [1.54, 1.807) is 0 Å². The number of hydrogen-bond donors (Lipinski definition) is 1. The highest BCUT2D eigenvalue weighted by Gasteiger charge is 2.15. The molecule has 0 fully saturated rings. The minimum Gasteiger partial charge on any atom is -0.480 e. The van der Waals surface area contributed by atoms with Crippen LogP contribution in [0.1, 0.15) is 79.1 Å². The molecule has 0 aliphatic carbocycles. The van der Waals surface area contributed by atoms with Crippen LogP contribution in [0.5, 0.6) is 0 Å². The van der Waals surface area contributed by atoms with Gasteiger partial charge in [-0.15, -0.1) is 0 Å². The normalized spacial score (nSPS) is 14.9. The van der Waals surface area contributed by atoms with Crippen molar-refractivity contribution in [3.8, 4) is 0 Å². The molecular formula is C21H42O5. The Morgan fingerprint density at radius 2 is 1.27 bits per heavy atom. The summed E-state index contributed by atoms with van der Waals surface area (Å²) in [5.41, 5.74) is 0. The van der Waals surface area contributed by atoms with Crippen LogP contribution in [0, 0.1) is 11.8 Å². The zero-order chi connectivity index (χ0) is 19.6. The van der Waals surface area contributed by atoms with E-state index in [4.69, 9.17) is 19.3 Å². The lowest BCUT2D eigenvalue weighted by molar-refractivity contribution is -0.148. The lowest BCUT2D eigenvalue weighted by Gasteiger charge is -2.21. The molecule has 26 heavy (non-hydrogen) atoms. The highest BCUT2D eigenvalue weighted by Crippen LogP contribution is 2.14. The van der Waals surface area contributed by atoms with Crippen molar-refractivity contribution in [1.29, 1.82) is 0 Å². The lowest BCUT2D eigenvalue weighted by atomic mass is 10.0. The summed E-state index contributed by atoms with van der Waals surface area (Å²) in [5.74, 6) is 0.169. The number of hydrogen-bond acceptors (Lipinski definition) is 4. The molecule has 0 aromatic heterocycles. The molecule has 156 valence electrons. The zero-order valence-electron chi connectivity index (χ0n) is 17.5. The van der Waals surface area contributed by atoms with E-state index in [0.717, 1.165) is 12.8 Å². The van der Waals surface area contributed by atoms with Crippen LogP contribution >= 0.6 is 0 Å². The molecule has 0 radical (unpaired) electrons. The second-order valence-corrected chi connectivity index (χ2v) is 7.23. The fraction of sp³-hybridized carbons (Fsp3) is 0.952. The van der Waals surface area contributed by atoms with Crippen molar-refractivity contribution in [2.75, 3.05) is 33.0 Å². The summed E-state index contributed by atoms with van der Waals surface area (Å²) in [6.45, 7) is 10.7. The van der Waals surface area contributed by atoms with Crippen molar-refractivity contribution >= 4 is 5.97 Å². The van der Waals surface area contributed by atoms with Crippen molar-refractivity contribution in [2.45, 2.75) is 85.2 Å². The Balaban J connectivity index is 4.22. The summed E-state index contributed by atoms with van der Waals surface area (Å²) >= 11 is 0. The average molecular weight is 375 g/mol. The summed E-state index contributed by atoms with van der Waals surface area (Å²) < 4.78 is 17.1. The van der Waals surface area contributed by atoms with Gasteiger partial charge in [-0.25, -0.2) is 4.79 Å². The molecule has 0 saturated heterocycles. The number of aliphatic carboxylic acids is 1. The Bertz CT molecular complexity index is 300. The quantitative estimate of drug-likeness (QED) is 0.347. The van der Waals surface area contributed by atoms with Crippen LogP contribution in [0.4, 0.5) is 0 Å². The van der Waals surface area contributed by atoms with Gasteiger partial charge in [0.1, 0.15) is 12.7 Å². The fourth-order valence-electron chi connectivity index (χ4n) is 2.86. The van der Waals surface area contributed by atoms with Crippen LogP contribution in [0.15, 0.2) is 0 Å². The highest BCUT2D eigenvalue weighted by molar-refractivity contribution is 5.68. The summed E-state index contributed by atoms with van der Waals surface area (Å²) in [6.07, 6.45) is 9.09. The molecule has 0 heterocycles. The van der Waals surface area contributed by atoms with Gasteiger partial charge in [0.25, 0.3) is 0 Å². The molecule has 2 atom stereocenters. The minimum atomic E-state index is -0.959. The molecule has 2 unspecified atom stereocenters. The summed E-state index contributed by atoms with van der Waals surface area (Å²) in [5, 5.41) is 8.85. The maximum Gasteiger partial charge on any atom is 0.329 e. The van der Waals surface area contributed by atoms with Crippen LogP contribution in [-0.4, -0.2) is 50.2 Å². The van der Waals surface area contributed by atoms with Crippen molar-refractivity contribution in [2.24, 2.45) is 11.8 Å². The van der Waals surface area contributed by atoms with Crippen LogP contribution in [-0.2, 0) is 19.0 Å². The molecular weight excluding hydrogens is 332 g/mol. The molecule has 0 aliphatic heterocycles. The van der Waals surface area contributed by atoms with E-state index in [1.165, 1.54) is 38.5 Å². The molecule has 0 saturated carbocycles. The molecule has 0 aromatic carbocycles. The molecule has 1 N–H and O–H groups in total. The first-order valence-electron chi connectivity index (χ1n) is 10.6. The Morgan fingerprint density at radius 1 is 0.808 bits per heavy atom. The molecule has 0 aliphatic rings. The van der Waals surface area contributed by atoms with Crippen molar-refractivity contribution < 1.29 is 24.1 Å². The molecule has 0 amide bonds. The van der Waals surface area contributed by atoms with Crippen LogP contribution in [0.25, 0.3) is 0 Å². The van der Waals surface area contributed by atoms with Crippen LogP contribution in [0.3, 0.4) is 0 Å². The van der Waals surface area contributed by atoms with Crippen LogP contribution < -0.4 is 0 Å². The van der Waals surface area contributed by atoms with Gasteiger partial charge in [-0.3, -0.25) is 0 Å². The van der Waals surface area contributed by atoms with Gasteiger partial charge in [0.05, 0.1) is 13.2 Å². The summed E-state index contributed by atoms with van der Waals surface area (Å²) in [4.78, 5) is 10.8. The highest BCUT2D eigenvalue weighted by atomic mass is 16.6. The summed E-state index contributed by atoms with van der Waals surface area (Å²) in [7, 11) is 0. The smallest absolute Gasteiger partial charge is 0.329 e. The van der Waals surface area contributed by atoms with Crippen LogP contribution in [0.2, 0.25) is 0 Å². The van der Waals surface area contributed by atoms with Gasteiger partial charge in [-0.1, -0.05) is 66.2 Å². The Labute approximate surface area is 160 Å². The first-order valence-corrected chi connectivity index (χ1v) is 10.6. The standard InChI is InChI=1S/C21H42O5/c1-5-9-11-18(7-3)13-24-15-20(26-17-21(22)23)16-25-14-19(8-4)12-10-6-2/h18-20H,5-17H2,1-4H3,(H,22,23). The lowest BCUT2D eigenvalue weighted by Crippen LogP contribution is -2.30. The molecule has 5 heteroatoms. The summed E-state index contributed by atoms with van der Waals surface area (Å²) in [6, 6.07) is 0. The number of unbranched alkanes of at least 4 members (excludes halogenated alkanes) is 2. The van der Waals surface area contributed by atoms with E-state index in [1.807, 2.05) is 0 Å². The maximum atomic E-state index is 10.8. The second kappa shape index (κ2) is 17.7. The van der Waals surface area contributed by atoms with E-state index in [-0.39, 0.29) is 12.7 Å². The largest absolute Gasteiger partial charge is 0.480 e. The Kier molecular flexibility index (Phi) is 17.3. The van der Waals surface area contributed by atoms with Crippen molar-refractivity contribution in [3.63, 3.8) is 0 Å². The second-order valence-electron chi connectivity index (χ2n) is 7.23. The molecule has 0 aromatic rings. The third kappa shape index (κ3) is 14.5. The van der Waals surface area contributed by atoms with E-state index < -0.39 is 5.97 Å². The number of ether oxygens (including phenoxy) is 3. The predicted octanol–water partition coefficient (Wildman–Crippen LogP) is 4.92. The topological polar surface area (TPSA) is 65.0 Å². The van der Waals surface area contributed by atoms with E-state index >= 15 is 0 Å². The first kappa shape index (κ1) is 25.4. The third-order valence-electron chi connectivity index (χ3n) is 4.84. The Morgan fingerprint density at radius 3 is 1.62 bits per heavy atom. The molecule has 0 rings (SSSR count). The van der Waals surface area contributed by atoms with Crippen molar-refractivity contribution in [1.82, 2.24) is 0 Å². The SMILES string of the molecule is CCCCC(CC)COCC(COCC(CC)CCCC)OCC(=O)O. The van der Waals surface area contributed by atoms with Gasteiger partial charge in [0, 0.05) is 13.2 Å². The van der Waals surface area contributed by atoms with Gasteiger partial charge in [-0.2, -0.15) is 0 Å². The number of carboxylic acids is 1. The van der Waals surface area contributed by atoms with E-state index in [2.05, 4.69) is 27.7 Å². The van der Waals surface area contributed by atoms with E-state index in [0.29, 0.717) is 38.3 Å². The monoisotopic (exact) mass is 374 g/mol. The predicted molar refractivity (Wildman–Crippen MR) is 106 cm³/mol. The van der Waals surface area contributed by atoms with Gasteiger partial charge in [0.2, 0.25) is 0 Å². The number of rotatable bonds is 19. The molecule has 5 nitrogen and oxygen atoms in total. The molecule has 0 bridgehead atoms. The molecule has 0 spiro atoms. The number of carboxylic acid groups (broad SMARTS) is 1. The third-order valence-corrected chi connectivity index (χ3v) is 4.84.